The van der Waals surface area contributed by atoms with E-state index in [9.17, 15) is 49.3 Å². The lowest BCUT2D eigenvalue weighted by Crippen LogP contribution is -2.43. The molecule has 18 heteroatoms. The number of hydrogen-bond acceptors (Lipinski definition) is 12. The number of phenolic OH excluding ortho intramolecular Hbond substituents is 1. The Morgan fingerprint density at radius 3 is 1.56 bits per heavy atom. The van der Waals surface area contributed by atoms with Gasteiger partial charge in [0.1, 0.15) is 11.6 Å². The molecular formula is C41H35N7O11. The lowest BCUT2D eigenvalue weighted by Gasteiger charge is -2.17. The zero-order valence-electron chi connectivity index (χ0n) is 31.2. The SMILES string of the molecule is COc1c(NC(=O)c2ccc(NC(=O)c3ccc(NC(=O)[C@H](CC#N)NC(=O)c4ccc(NC(=O)c5ccc(N)cc5)cc4)cc3)c(OC)c2O)ccc(C(=O)O)c1O. The number of hydrogen-bond donors (Lipinski definition) is 9. The number of nitrogen functional groups attached to an aromatic ring is 1. The van der Waals surface area contributed by atoms with E-state index in [1.54, 1.807) is 24.3 Å². The molecule has 0 aliphatic rings. The third kappa shape index (κ3) is 9.81. The number of nitrogens with one attached hydrogen (secondary N) is 5. The Morgan fingerprint density at radius 2 is 1.05 bits per heavy atom. The molecule has 5 amide bonds. The van der Waals surface area contributed by atoms with Crippen LogP contribution in [0.25, 0.3) is 0 Å². The Labute approximate surface area is 335 Å². The Hall–Kier alpha value is -8.59. The largest absolute Gasteiger partial charge is 0.504 e. The van der Waals surface area contributed by atoms with Crippen molar-refractivity contribution in [2.24, 2.45) is 0 Å². The Kier molecular flexibility index (Phi) is 12.9. The van der Waals surface area contributed by atoms with Crippen molar-refractivity contribution < 1.29 is 53.6 Å². The Balaban J connectivity index is 1.19. The minimum absolute atomic E-state index is 0.0161. The summed E-state index contributed by atoms with van der Waals surface area (Å²) in [6.07, 6.45) is -0.361. The quantitative estimate of drug-likeness (QED) is 0.0683. The van der Waals surface area contributed by atoms with Gasteiger partial charge in [0, 0.05) is 33.8 Å². The molecule has 0 spiro atoms. The summed E-state index contributed by atoms with van der Waals surface area (Å²) in [6, 6.07) is 23.2. The maximum atomic E-state index is 13.2. The monoisotopic (exact) mass is 801 g/mol. The van der Waals surface area contributed by atoms with E-state index >= 15 is 0 Å². The molecule has 59 heavy (non-hydrogen) atoms. The van der Waals surface area contributed by atoms with Crippen molar-refractivity contribution in [3.05, 3.63) is 125 Å². The van der Waals surface area contributed by atoms with Gasteiger partial charge in [-0.2, -0.15) is 5.26 Å². The van der Waals surface area contributed by atoms with Crippen LogP contribution in [0.5, 0.6) is 23.0 Å². The number of benzene rings is 5. The number of ether oxygens (including phenoxy) is 2. The van der Waals surface area contributed by atoms with Crippen LogP contribution in [-0.2, 0) is 4.79 Å². The number of carboxylic acids is 1. The van der Waals surface area contributed by atoms with Crippen LogP contribution in [0.4, 0.5) is 28.4 Å². The number of phenols is 2. The van der Waals surface area contributed by atoms with Crippen LogP contribution in [0.3, 0.4) is 0 Å². The van der Waals surface area contributed by atoms with Gasteiger partial charge in [-0.15, -0.1) is 0 Å². The van der Waals surface area contributed by atoms with Crippen molar-refractivity contribution in [3.8, 4) is 29.1 Å². The minimum atomic E-state index is -1.42. The average Bonchev–Trinajstić information content (AvgIpc) is 3.21. The lowest BCUT2D eigenvalue weighted by molar-refractivity contribution is -0.117. The summed E-state index contributed by atoms with van der Waals surface area (Å²) in [4.78, 5) is 76.2. The number of amides is 5. The standard InChI is InChI=1S/C41H35N7O11/c1-58-34-29(17-15-27(32(34)49)39(54)47-30-18-16-28(41(56)57)33(50)35(30)59-2)46-37(52)22-7-13-26(14-8-22)45-40(55)31(19-20-42)48-38(53)23-5-11-25(12-6-23)44-36(51)21-3-9-24(43)10-4-21/h3-18,31,49-50H,19,43H2,1-2H3,(H,44,51)(H,45,55)(H,46,52)(H,47,54)(H,48,53)(H,56,57)/t31-/m0/s1. The normalized spacial score (nSPS) is 10.9. The predicted molar refractivity (Wildman–Crippen MR) is 214 cm³/mol. The fourth-order valence-electron chi connectivity index (χ4n) is 5.51. The Morgan fingerprint density at radius 1 is 0.610 bits per heavy atom. The summed E-state index contributed by atoms with van der Waals surface area (Å²) in [5, 5.41) is 52.6. The topological polar surface area (TPSA) is 292 Å². The van der Waals surface area contributed by atoms with Crippen LogP contribution in [0.1, 0.15) is 58.2 Å². The number of carboxylic acid groups (broad SMARTS) is 1. The van der Waals surface area contributed by atoms with Gasteiger partial charge >= 0.3 is 5.97 Å². The summed E-state index contributed by atoms with van der Waals surface area (Å²) in [7, 11) is 2.35. The van der Waals surface area contributed by atoms with Gasteiger partial charge in [-0.25, -0.2) is 4.79 Å². The number of rotatable bonds is 14. The van der Waals surface area contributed by atoms with Gasteiger partial charge in [0.2, 0.25) is 5.91 Å². The number of aromatic carboxylic acids is 1. The van der Waals surface area contributed by atoms with Gasteiger partial charge in [0.05, 0.1) is 43.6 Å². The fraction of sp³-hybridized carbons (Fsp3) is 0.0976. The summed E-state index contributed by atoms with van der Waals surface area (Å²) in [6.45, 7) is 0. The fourth-order valence-corrected chi connectivity index (χ4v) is 5.51. The van der Waals surface area contributed by atoms with Crippen molar-refractivity contribution in [3.63, 3.8) is 0 Å². The highest BCUT2D eigenvalue weighted by Crippen LogP contribution is 2.40. The van der Waals surface area contributed by atoms with Crippen LogP contribution in [-0.4, -0.2) is 71.1 Å². The molecule has 0 saturated carbocycles. The molecule has 0 saturated heterocycles. The highest BCUT2D eigenvalue weighted by atomic mass is 16.5. The molecule has 0 unspecified atom stereocenters. The zero-order chi connectivity index (χ0) is 42.8. The van der Waals surface area contributed by atoms with E-state index < -0.39 is 52.7 Å². The molecule has 0 radical (unpaired) electrons. The van der Waals surface area contributed by atoms with Crippen LogP contribution in [0, 0.1) is 11.3 Å². The molecule has 300 valence electrons. The minimum Gasteiger partial charge on any atom is -0.504 e. The first-order chi connectivity index (χ1) is 28.2. The predicted octanol–water partition coefficient (Wildman–Crippen LogP) is 4.80. The van der Waals surface area contributed by atoms with E-state index in [2.05, 4.69) is 26.6 Å². The van der Waals surface area contributed by atoms with E-state index in [-0.39, 0.29) is 57.6 Å². The van der Waals surface area contributed by atoms with Gasteiger partial charge in [-0.3, -0.25) is 24.0 Å². The van der Waals surface area contributed by atoms with Gasteiger partial charge in [-0.05, 0) is 97.1 Å². The maximum absolute atomic E-state index is 13.2. The molecule has 0 aliphatic heterocycles. The first-order valence-corrected chi connectivity index (χ1v) is 17.3. The van der Waals surface area contributed by atoms with Crippen LogP contribution in [0.15, 0.2) is 97.1 Å². The highest BCUT2D eigenvalue weighted by molar-refractivity contribution is 6.10. The molecule has 18 nitrogen and oxygen atoms in total. The third-order valence-electron chi connectivity index (χ3n) is 8.55. The number of nitriles is 1. The highest BCUT2D eigenvalue weighted by Gasteiger charge is 2.25. The van der Waals surface area contributed by atoms with Gasteiger partial charge in [-0.1, -0.05) is 0 Å². The lowest BCUT2D eigenvalue weighted by atomic mass is 10.1. The Bertz CT molecular complexity index is 2480. The number of anilines is 5. The molecule has 5 aromatic rings. The van der Waals surface area contributed by atoms with E-state index in [4.69, 9.17) is 15.2 Å². The first-order valence-electron chi connectivity index (χ1n) is 17.3. The molecule has 5 aromatic carbocycles. The molecule has 0 bridgehead atoms. The van der Waals surface area contributed by atoms with Crippen LogP contribution in [0.2, 0.25) is 0 Å². The van der Waals surface area contributed by atoms with Gasteiger partial charge < -0.3 is 57.1 Å². The second-order valence-corrected chi connectivity index (χ2v) is 12.4. The second kappa shape index (κ2) is 18.4. The van der Waals surface area contributed by atoms with Gasteiger partial charge in [0.25, 0.3) is 23.6 Å². The maximum Gasteiger partial charge on any atom is 0.339 e. The molecule has 10 N–H and O–H groups in total. The van der Waals surface area contributed by atoms with E-state index in [1.165, 1.54) is 73.8 Å². The summed E-state index contributed by atoms with van der Waals surface area (Å²) >= 11 is 0. The molecule has 0 heterocycles. The molecule has 0 aliphatic carbocycles. The molecular weight excluding hydrogens is 766 g/mol. The van der Waals surface area contributed by atoms with E-state index in [0.717, 1.165) is 13.2 Å². The molecule has 1 atom stereocenters. The van der Waals surface area contributed by atoms with Crippen LogP contribution >= 0.6 is 0 Å². The molecule has 5 rings (SSSR count). The van der Waals surface area contributed by atoms with Crippen molar-refractivity contribution >= 4 is 63.9 Å². The summed E-state index contributed by atoms with van der Waals surface area (Å²) in [5.74, 6) is -6.68. The third-order valence-corrected chi connectivity index (χ3v) is 8.55. The van der Waals surface area contributed by atoms with Crippen molar-refractivity contribution in [2.45, 2.75) is 12.5 Å². The first kappa shape index (κ1) is 41.6. The number of methoxy groups -OCH3 is 2. The molecule has 0 aromatic heterocycles. The second-order valence-electron chi connectivity index (χ2n) is 12.4. The number of carbonyl (C=O) groups excluding carboxylic acids is 5. The van der Waals surface area contributed by atoms with E-state index in [1.807, 2.05) is 6.07 Å². The van der Waals surface area contributed by atoms with Crippen LogP contribution < -0.4 is 41.8 Å². The van der Waals surface area contributed by atoms with Crippen molar-refractivity contribution in [1.29, 1.82) is 5.26 Å². The van der Waals surface area contributed by atoms with Crippen molar-refractivity contribution in [2.75, 3.05) is 41.2 Å². The number of nitrogens with two attached hydrogens (primary N) is 1. The molecule has 0 fully saturated rings. The zero-order valence-corrected chi connectivity index (χ0v) is 31.2. The summed E-state index contributed by atoms with van der Waals surface area (Å²) in [5.41, 5.74) is 6.60. The number of carbonyl (C=O) groups is 6. The average molecular weight is 802 g/mol. The van der Waals surface area contributed by atoms with Crippen molar-refractivity contribution in [1.82, 2.24) is 5.32 Å². The summed E-state index contributed by atoms with van der Waals surface area (Å²) < 4.78 is 10.3. The van der Waals surface area contributed by atoms with Gasteiger partial charge in [0.15, 0.2) is 23.0 Å². The number of aromatic hydroxyl groups is 2. The number of nitrogens with zero attached hydrogens (tertiary/aromatic N) is 1. The van der Waals surface area contributed by atoms with E-state index in [0.29, 0.717) is 16.9 Å². The smallest absolute Gasteiger partial charge is 0.339 e.